The second-order valence-corrected chi connectivity index (χ2v) is 10.0. The summed E-state index contributed by atoms with van der Waals surface area (Å²) in [6.45, 7) is 0.754. The number of unbranched alkanes of at least 4 members (excludes halogenated alkanes) is 1. The second-order valence-electron chi connectivity index (χ2n) is 10.0. The van der Waals surface area contributed by atoms with Gasteiger partial charge in [-0.3, -0.25) is 14.7 Å². The van der Waals surface area contributed by atoms with Crippen LogP contribution < -0.4 is 4.74 Å². The first-order valence-electron chi connectivity index (χ1n) is 13.0. The maximum atomic E-state index is 14.8. The van der Waals surface area contributed by atoms with Crippen LogP contribution in [0.4, 0.5) is 4.39 Å². The fourth-order valence-corrected chi connectivity index (χ4v) is 5.20. The molecule has 1 aromatic carbocycles. The molecule has 1 N–H and O–H groups in total. The lowest BCUT2D eigenvalue weighted by Crippen LogP contribution is -2.34. The van der Waals surface area contributed by atoms with E-state index >= 15 is 0 Å². The quantitative estimate of drug-likeness (QED) is 0.469. The summed E-state index contributed by atoms with van der Waals surface area (Å²) in [5, 5.41) is 10.00. The van der Waals surface area contributed by atoms with Gasteiger partial charge < -0.3 is 14.6 Å². The van der Waals surface area contributed by atoms with Gasteiger partial charge in [0, 0.05) is 36.6 Å². The van der Waals surface area contributed by atoms with Crippen molar-refractivity contribution >= 4 is 5.97 Å². The van der Waals surface area contributed by atoms with Gasteiger partial charge in [0.15, 0.2) is 0 Å². The molecule has 0 spiro atoms. The third-order valence-corrected chi connectivity index (χ3v) is 7.25. The maximum Gasteiger partial charge on any atom is 0.325 e. The molecule has 0 amide bonds. The topological polar surface area (TPSA) is 71.9 Å². The maximum absolute atomic E-state index is 14.8. The van der Waals surface area contributed by atoms with E-state index in [1.54, 1.807) is 23.1 Å². The summed E-state index contributed by atoms with van der Waals surface area (Å²) in [5.41, 5.74) is 4.35. The van der Waals surface area contributed by atoms with Crippen molar-refractivity contribution in [2.75, 3.05) is 19.7 Å². The Morgan fingerprint density at radius 2 is 1.94 bits per heavy atom. The number of rotatable bonds is 11. The largest absolute Gasteiger partial charge is 0.490 e. The number of nitrogens with zero attached hydrogens (tertiary/aromatic N) is 2. The number of pyridine rings is 1. The van der Waals surface area contributed by atoms with Crippen LogP contribution in [-0.2, 0) is 28.8 Å². The third-order valence-electron chi connectivity index (χ3n) is 7.25. The Balaban J connectivity index is 1.12. The lowest BCUT2D eigenvalue weighted by Gasteiger charge is -2.26. The Kier molecular flexibility index (Phi) is 7.63. The van der Waals surface area contributed by atoms with Gasteiger partial charge >= 0.3 is 5.97 Å². The molecule has 1 saturated heterocycles. The van der Waals surface area contributed by atoms with E-state index in [1.165, 1.54) is 24.1 Å². The molecule has 2 heterocycles. The van der Waals surface area contributed by atoms with Gasteiger partial charge in [-0.05, 0) is 75.5 Å². The van der Waals surface area contributed by atoms with Crippen LogP contribution in [0, 0.1) is 0 Å². The van der Waals surface area contributed by atoms with Crippen LogP contribution >= 0.6 is 0 Å². The summed E-state index contributed by atoms with van der Waals surface area (Å²) in [6, 6.07) is 10.6. The molecule has 5 rings (SSSR count). The Labute approximate surface area is 206 Å². The molecule has 1 aliphatic heterocycles. The predicted molar refractivity (Wildman–Crippen MR) is 130 cm³/mol. The molecule has 3 aliphatic rings. The summed E-state index contributed by atoms with van der Waals surface area (Å²) < 4.78 is 26.7. The number of alkyl halides is 1. The minimum Gasteiger partial charge on any atom is -0.490 e. The number of carboxylic acids is 1. The number of carboxylic acid groups (broad SMARTS) is 1. The Morgan fingerprint density at radius 3 is 2.77 bits per heavy atom. The normalized spacial score (nSPS) is 23.1. The zero-order valence-corrected chi connectivity index (χ0v) is 20.2. The van der Waals surface area contributed by atoms with Gasteiger partial charge in [0.1, 0.15) is 24.1 Å². The number of para-hydroxylation sites is 1. The van der Waals surface area contributed by atoms with Crippen LogP contribution in [0.15, 0.2) is 36.4 Å². The molecule has 35 heavy (non-hydrogen) atoms. The molecule has 188 valence electrons. The molecule has 1 aromatic heterocycles. The number of carbonyl (C=O) groups is 1. The molecule has 2 fully saturated rings. The van der Waals surface area contributed by atoms with Crippen LogP contribution in [-0.4, -0.2) is 59.0 Å². The van der Waals surface area contributed by atoms with E-state index in [2.05, 4.69) is 12.1 Å². The van der Waals surface area contributed by atoms with E-state index in [4.69, 9.17) is 14.5 Å². The van der Waals surface area contributed by atoms with Crippen molar-refractivity contribution in [2.24, 2.45) is 0 Å². The van der Waals surface area contributed by atoms with Crippen molar-refractivity contribution < 1.29 is 23.8 Å². The zero-order valence-electron chi connectivity index (χ0n) is 20.2. The van der Waals surface area contributed by atoms with E-state index in [9.17, 15) is 14.3 Å². The highest BCUT2D eigenvalue weighted by Gasteiger charge is 2.41. The van der Waals surface area contributed by atoms with E-state index in [0.717, 1.165) is 50.6 Å². The first-order chi connectivity index (χ1) is 17.1. The summed E-state index contributed by atoms with van der Waals surface area (Å²) in [5.74, 6) is -0.416. The molecule has 7 heteroatoms. The van der Waals surface area contributed by atoms with Gasteiger partial charge in [-0.1, -0.05) is 24.3 Å². The van der Waals surface area contributed by atoms with Gasteiger partial charge in [-0.2, -0.15) is 0 Å². The molecule has 2 aromatic rings. The highest BCUT2D eigenvalue weighted by Crippen LogP contribution is 2.36. The van der Waals surface area contributed by atoms with E-state index < -0.39 is 24.3 Å². The fraction of sp³-hybridized carbons (Fsp3) is 0.571. The fourth-order valence-electron chi connectivity index (χ4n) is 5.20. The SMILES string of the molecule is O=C(O)C(c1ccccc1OC1CC1)N1C[C@@H](F)[C@@H](OCCCCc2ccc3c(n2)CCCC3)C1. The third kappa shape index (κ3) is 6.01. The van der Waals surface area contributed by atoms with Gasteiger partial charge in [0.25, 0.3) is 0 Å². The van der Waals surface area contributed by atoms with Crippen LogP contribution in [0.5, 0.6) is 5.75 Å². The number of fused-ring (bicyclic) bond motifs is 1. The molecule has 6 nitrogen and oxygen atoms in total. The number of ether oxygens (including phenoxy) is 2. The molecule has 1 saturated carbocycles. The van der Waals surface area contributed by atoms with Crippen LogP contribution in [0.1, 0.15) is 67.1 Å². The summed E-state index contributed by atoms with van der Waals surface area (Å²) in [4.78, 5) is 18.7. The number of halogens is 1. The smallest absolute Gasteiger partial charge is 0.325 e. The lowest BCUT2D eigenvalue weighted by atomic mass is 9.95. The number of benzene rings is 1. The predicted octanol–water partition coefficient (Wildman–Crippen LogP) is 4.69. The second kappa shape index (κ2) is 11.0. The summed E-state index contributed by atoms with van der Waals surface area (Å²) >= 11 is 0. The van der Waals surface area contributed by atoms with Crippen molar-refractivity contribution in [3.8, 4) is 5.75 Å². The molecule has 1 unspecified atom stereocenters. The number of likely N-dealkylation sites (tertiary alicyclic amines) is 1. The van der Waals surface area contributed by atoms with Crippen molar-refractivity contribution in [1.29, 1.82) is 0 Å². The van der Waals surface area contributed by atoms with Crippen LogP contribution in [0.2, 0.25) is 0 Å². The summed E-state index contributed by atoms with van der Waals surface area (Å²) in [6.07, 6.45) is 7.66. The van der Waals surface area contributed by atoms with Crippen molar-refractivity contribution in [3.63, 3.8) is 0 Å². The Hall–Kier alpha value is -2.51. The van der Waals surface area contributed by atoms with E-state index in [-0.39, 0.29) is 19.2 Å². The summed E-state index contributed by atoms with van der Waals surface area (Å²) in [7, 11) is 0. The van der Waals surface area contributed by atoms with Crippen molar-refractivity contribution in [3.05, 3.63) is 58.9 Å². The Morgan fingerprint density at radius 1 is 1.11 bits per heavy atom. The number of hydrogen-bond acceptors (Lipinski definition) is 5. The number of hydrogen-bond donors (Lipinski definition) is 1. The first-order valence-corrected chi connectivity index (χ1v) is 13.0. The van der Waals surface area contributed by atoms with E-state index in [1.807, 2.05) is 6.07 Å². The Bertz CT molecular complexity index is 1030. The van der Waals surface area contributed by atoms with Gasteiger partial charge in [-0.25, -0.2) is 4.39 Å². The van der Waals surface area contributed by atoms with E-state index in [0.29, 0.717) is 17.9 Å². The standard InChI is InChI=1S/C28H35FN2O4/c29-23-17-31(27(28(32)33)22-9-2-4-11-25(22)35-21-14-15-21)18-26(23)34-16-6-5-8-20-13-12-19-7-1-3-10-24(19)30-20/h2,4,9,11-13,21,23,26-27H,1,3,5-8,10,14-18H2,(H,32,33)/t23-,26+,27?/m1/s1. The first kappa shape index (κ1) is 24.2. The van der Waals surface area contributed by atoms with Crippen molar-refractivity contribution in [1.82, 2.24) is 9.88 Å². The van der Waals surface area contributed by atoms with Gasteiger partial charge in [-0.15, -0.1) is 0 Å². The van der Waals surface area contributed by atoms with Crippen LogP contribution in [0.25, 0.3) is 0 Å². The molecule has 0 radical (unpaired) electrons. The number of aliphatic carboxylic acids is 1. The monoisotopic (exact) mass is 482 g/mol. The molecule has 3 atom stereocenters. The molecule has 2 aliphatic carbocycles. The van der Waals surface area contributed by atoms with Crippen LogP contribution in [0.3, 0.4) is 0 Å². The highest BCUT2D eigenvalue weighted by atomic mass is 19.1. The average Bonchev–Trinajstić information content (AvgIpc) is 3.60. The minimum absolute atomic E-state index is 0.0401. The zero-order chi connectivity index (χ0) is 24.2. The number of aryl methyl sites for hydroxylation is 3. The van der Waals surface area contributed by atoms with Gasteiger partial charge in [0.05, 0.1) is 6.10 Å². The minimum atomic E-state index is -1.21. The van der Waals surface area contributed by atoms with Gasteiger partial charge in [0.2, 0.25) is 0 Å². The molecular weight excluding hydrogens is 447 g/mol. The molecule has 0 bridgehead atoms. The number of aromatic nitrogens is 1. The lowest BCUT2D eigenvalue weighted by molar-refractivity contribution is -0.143. The highest BCUT2D eigenvalue weighted by molar-refractivity contribution is 5.77. The molecular formula is C28H35FN2O4. The average molecular weight is 483 g/mol. The van der Waals surface area contributed by atoms with Crippen molar-refractivity contribution in [2.45, 2.75) is 82.2 Å².